The standard InChI is InChI=1S/C22H20N6O3S/c1-31-19-10-16(13-24-17(19)11-23)27-20(30)22(5-2-6-22)28(21(27)32)15-3-4-18-14(9-15)12-25-26(18)7-8-29/h3-4,9-10,12-13,29H,2,5-8H2,1H3. The number of aliphatic hydroxyl groups is 1. The third-order valence-corrected chi connectivity index (χ3v) is 6.58. The number of carbonyl (C=O) groups is 1. The Morgan fingerprint density at radius 1 is 1.28 bits per heavy atom. The minimum absolute atomic E-state index is 0.00338. The van der Waals surface area contributed by atoms with Crippen LogP contribution < -0.4 is 14.5 Å². The molecule has 1 spiro atoms. The molecule has 1 saturated carbocycles. The Kier molecular flexibility index (Phi) is 4.80. The summed E-state index contributed by atoms with van der Waals surface area (Å²) in [7, 11) is 1.46. The summed E-state index contributed by atoms with van der Waals surface area (Å²) in [5.74, 6) is 0.192. The van der Waals surface area contributed by atoms with Gasteiger partial charge < -0.3 is 14.7 Å². The molecule has 0 unspecified atom stereocenters. The molecule has 32 heavy (non-hydrogen) atoms. The van der Waals surface area contributed by atoms with Gasteiger partial charge in [-0.1, -0.05) is 0 Å². The first-order chi connectivity index (χ1) is 15.5. The molecule has 9 nitrogen and oxygen atoms in total. The average Bonchev–Trinajstić information content (AvgIpc) is 3.28. The molecule has 0 radical (unpaired) electrons. The van der Waals surface area contributed by atoms with Crippen LogP contribution in [0.3, 0.4) is 0 Å². The Labute approximate surface area is 189 Å². The van der Waals surface area contributed by atoms with Gasteiger partial charge in [-0.3, -0.25) is 14.4 Å². The Bertz CT molecular complexity index is 1290. The van der Waals surface area contributed by atoms with Crippen LogP contribution in [-0.2, 0) is 11.3 Å². The fraction of sp³-hybridized carbons (Fsp3) is 0.318. The van der Waals surface area contributed by atoms with Crippen molar-refractivity contribution in [2.45, 2.75) is 31.3 Å². The van der Waals surface area contributed by atoms with E-state index in [1.54, 1.807) is 16.9 Å². The summed E-state index contributed by atoms with van der Waals surface area (Å²) in [6.07, 6.45) is 5.56. The molecule has 1 aliphatic heterocycles. The van der Waals surface area contributed by atoms with Crippen LogP contribution in [0.5, 0.6) is 5.75 Å². The zero-order chi connectivity index (χ0) is 22.5. The Balaban J connectivity index is 1.58. The summed E-state index contributed by atoms with van der Waals surface area (Å²) in [5, 5.41) is 24.1. The third kappa shape index (κ3) is 2.78. The van der Waals surface area contributed by atoms with Gasteiger partial charge in [0.15, 0.2) is 16.6 Å². The van der Waals surface area contributed by atoms with E-state index in [4.69, 9.17) is 17.0 Å². The van der Waals surface area contributed by atoms with Crippen LogP contribution >= 0.6 is 12.2 Å². The number of aromatic nitrogens is 3. The summed E-state index contributed by atoms with van der Waals surface area (Å²) >= 11 is 5.81. The first kappa shape index (κ1) is 20.4. The number of hydrogen-bond donors (Lipinski definition) is 1. The number of pyridine rings is 1. The quantitative estimate of drug-likeness (QED) is 0.593. The number of anilines is 2. The summed E-state index contributed by atoms with van der Waals surface area (Å²) in [6.45, 7) is 0.415. The summed E-state index contributed by atoms with van der Waals surface area (Å²) < 4.78 is 7.02. The number of rotatable bonds is 5. The molecule has 1 amide bonds. The van der Waals surface area contributed by atoms with E-state index in [2.05, 4.69) is 10.1 Å². The van der Waals surface area contributed by atoms with Crippen LogP contribution in [0.2, 0.25) is 0 Å². The van der Waals surface area contributed by atoms with Crippen molar-refractivity contribution in [3.63, 3.8) is 0 Å². The number of nitriles is 1. The van der Waals surface area contributed by atoms with Gasteiger partial charge >= 0.3 is 0 Å². The van der Waals surface area contributed by atoms with Crippen LogP contribution in [0.4, 0.5) is 11.4 Å². The highest BCUT2D eigenvalue weighted by Gasteiger charge is 2.59. The Morgan fingerprint density at radius 2 is 2.09 bits per heavy atom. The molecule has 0 bridgehead atoms. The van der Waals surface area contributed by atoms with E-state index in [9.17, 15) is 15.2 Å². The zero-order valence-electron chi connectivity index (χ0n) is 17.4. The molecule has 1 N–H and O–H groups in total. The fourth-order valence-electron chi connectivity index (χ4n) is 4.49. The second-order valence-electron chi connectivity index (χ2n) is 7.83. The smallest absolute Gasteiger partial charge is 0.259 e. The average molecular weight is 449 g/mol. The Hall–Kier alpha value is -3.55. The lowest BCUT2D eigenvalue weighted by atomic mass is 9.75. The van der Waals surface area contributed by atoms with E-state index in [1.807, 2.05) is 29.2 Å². The molecule has 3 aromatic rings. The first-order valence-electron chi connectivity index (χ1n) is 10.2. The van der Waals surface area contributed by atoms with Gasteiger partial charge in [-0.2, -0.15) is 10.4 Å². The molecule has 3 heterocycles. The fourth-order valence-corrected chi connectivity index (χ4v) is 4.96. The Morgan fingerprint density at radius 3 is 2.75 bits per heavy atom. The van der Waals surface area contributed by atoms with E-state index >= 15 is 0 Å². The lowest BCUT2D eigenvalue weighted by Crippen LogP contribution is -2.55. The number of amides is 1. The number of nitrogens with zero attached hydrogens (tertiary/aromatic N) is 6. The molecule has 1 saturated heterocycles. The van der Waals surface area contributed by atoms with Crippen LogP contribution in [0, 0.1) is 11.3 Å². The summed E-state index contributed by atoms with van der Waals surface area (Å²) in [6, 6.07) is 9.43. The minimum Gasteiger partial charge on any atom is -0.494 e. The van der Waals surface area contributed by atoms with Crippen molar-refractivity contribution in [1.82, 2.24) is 14.8 Å². The van der Waals surface area contributed by atoms with Gasteiger partial charge in [-0.25, -0.2) is 4.98 Å². The maximum absolute atomic E-state index is 13.6. The topological polar surface area (TPSA) is 108 Å². The number of thiocarbonyl (C=S) groups is 1. The second-order valence-corrected chi connectivity index (χ2v) is 8.20. The van der Waals surface area contributed by atoms with E-state index in [-0.39, 0.29) is 18.2 Å². The highest BCUT2D eigenvalue weighted by Crippen LogP contribution is 2.48. The highest BCUT2D eigenvalue weighted by molar-refractivity contribution is 7.81. The van der Waals surface area contributed by atoms with Crippen molar-refractivity contribution < 1.29 is 14.6 Å². The maximum Gasteiger partial charge on any atom is 0.259 e. The van der Waals surface area contributed by atoms with E-state index in [1.165, 1.54) is 18.2 Å². The van der Waals surface area contributed by atoms with Crippen LogP contribution in [0.15, 0.2) is 36.7 Å². The monoisotopic (exact) mass is 448 g/mol. The van der Waals surface area contributed by atoms with Crippen molar-refractivity contribution in [1.29, 1.82) is 5.26 Å². The van der Waals surface area contributed by atoms with Crippen molar-refractivity contribution >= 4 is 45.5 Å². The normalized spacial score (nSPS) is 17.2. The number of carbonyl (C=O) groups excluding carboxylic acids is 1. The first-order valence-corrected chi connectivity index (χ1v) is 10.6. The third-order valence-electron chi connectivity index (χ3n) is 6.21. The molecule has 1 aliphatic carbocycles. The van der Waals surface area contributed by atoms with Gasteiger partial charge in [0.1, 0.15) is 11.6 Å². The molecule has 162 valence electrons. The van der Waals surface area contributed by atoms with Crippen molar-refractivity contribution in [2.75, 3.05) is 23.5 Å². The summed E-state index contributed by atoms with van der Waals surface area (Å²) in [4.78, 5) is 21.2. The van der Waals surface area contributed by atoms with Gasteiger partial charge in [0.25, 0.3) is 5.91 Å². The highest BCUT2D eigenvalue weighted by atomic mass is 32.1. The lowest BCUT2D eigenvalue weighted by Gasteiger charge is -2.43. The van der Waals surface area contributed by atoms with Gasteiger partial charge in [-0.15, -0.1) is 0 Å². The van der Waals surface area contributed by atoms with E-state index < -0.39 is 5.54 Å². The van der Waals surface area contributed by atoms with Crippen molar-refractivity contribution in [3.8, 4) is 11.8 Å². The number of benzene rings is 1. The SMILES string of the molecule is COc1cc(N2C(=O)C3(CCC3)N(c3ccc4c(cnn4CCO)c3)C2=S)cnc1C#N. The number of hydrogen-bond acceptors (Lipinski definition) is 7. The maximum atomic E-state index is 13.6. The predicted molar refractivity (Wildman–Crippen MR) is 121 cm³/mol. The predicted octanol–water partition coefficient (Wildman–Crippen LogP) is 2.36. The van der Waals surface area contributed by atoms with Gasteiger partial charge in [0, 0.05) is 17.1 Å². The number of aliphatic hydroxyl groups excluding tert-OH is 1. The lowest BCUT2D eigenvalue weighted by molar-refractivity contribution is -0.123. The molecule has 2 fully saturated rings. The van der Waals surface area contributed by atoms with Crippen LogP contribution in [-0.4, -0.2) is 50.1 Å². The molecule has 5 rings (SSSR count). The molecule has 2 aliphatic rings. The largest absolute Gasteiger partial charge is 0.494 e. The molecular formula is C22H20N6O3S. The van der Waals surface area contributed by atoms with Crippen molar-refractivity contribution in [3.05, 3.63) is 42.4 Å². The number of methoxy groups -OCH3 is 1. The molecule has 0 atom stereocenters. The summed E-state index contributed by atoms with van der Waals surface area (Å²) in [5.41, 5.74) is 1.61. The molecule has 1 aromatic carbocycles. The van der Waals surface area contributed by atoms with Gasteiger partial charge in [-0.05, 0) is 49.7 Å². The van der Waals surface area contributed by atoms with E-state index in [0.29, 0.717) is 35.9 Å². The van der Waals surface area contributed by atoms with Gasteiger partial charge in [0.2, 0.25) is 0 Å². The van der Waals surface area contributed by atoms with Gasteiger partial charge in [0.05, 0.1) is 43.9 Å². The molecule has 2 aromatic heterocycles. The zero-order valence-corrected chi connectivity index (χ0v) is 18.2. The van der Waals surface area contributed by atoms with Crippen molar-refractivity contribution in [2.24, 2.45) is 0 Å². The molecule has 10 heteroatoms. The molecular weight excluding hydrogens is 428 g/mol. The number of ether oxygens (including phenoxy) is 1. The second kappa shape index (κ2) is 7.55. The van der Waals surface area contributed by atoms with Crippen LogP contribution in [0.1, 0.15) is 25.0 Å². The van der Waals surface area contributed by atoms with E-state index in [0.717, 1.165) is 23.0 Å². The minimum atomic E-state index is -0.729. The van der Waals surface area contributed by atoms with Crippen LogP contribution in [0.25, 0.3) is 10.9 Å². The number of fused-ring (bicyclic) bond motifs is 1.